The molecule has 1 saturated heterocycles. The molecule has 2 aliphatic heterocycles. The average Bonchev–Trinajstić information content (AvgIpc) is 2.93. The highest BCUT2D eigenvalue weighted by Gasteiger charge is 2.41. The van der Waals surface area contributed by atoms with Crippen molar-refractivity contribution >= 4 is 36.7 Å². The first kappa shape index (κ1) is 28.6. The number of methoxy groups -OCH3 is 1. The van der Waals surface area contributed by atoms with E-state index in [4.69, 9.17) is 9.39 Å². The van der Waals surface area contributed by atoms with Crippen LogP contribution < -0.4 is 14.7 Å². The van der Waals surface area contributed by atoms with E-state index >= 15 is 0 Å². The van der Waals surface area contributed by atoms with Gasteiger partial charge in [-0.3, -0.25) is 19.3 Å². The zero-order valence-corrected chi connectivity index (χ0v) is 22.4. The van der Waals surface area contributed by atoms with Gasteiger partial charge in [0.2, 0.25) is 0 Å². The molecule has 2 atom stereocenters. The number of para-hydroxylation sites is 1. The molecule has 0 saturated carbocycles. The van der Waals surface area contributed by atoms with Crippen molar-refractivity contribution in [2.45, 2.75) is 38.5 Å². The summed E-state index contributed by atoms with van der Waals surface area (Å²) in [6, 6.07) is 7.40. The third kappa shape index (κ3) is 5.64. The second-order valence-corrected chi connectivity index (χ2v) is 9.70. The van der Waals surface area contributed by atoms with Crippen LogP contribution in [0, 0.1) is 6.92 Å². The maximum atomic E-state index is 13.7. The maximum Gasteiger partial charge on any atom is 0.526 e. The van der Waals surface area contributed by atoms with Gasteiger partial charge in [0.25, 0.3) is 0 Å². The number of carboxylic acid groups (broad SMARTS) is 1. The molecule has 13 heteroatoms. The number of ketones is 1. The number of urea groups is 1. The van der Waals surface area contributed by atoms with E-state index in [2.05, 4.69) is 5.32 Å². The zero-order chi connectivity index (χ0) is 29.1. The van der Waals surface area contributed by atoms with Gasteiger partial charge in [-0.25, -0.2) is 9.59 Å². The fraction of sp³-hybridized carbons (Fsp3) is 0.370. The van der Waals surface area contributed by atoms with Crippen LogP contribution in [0.2, 0.25) is 5.82 Å². The fourth-order valence-corrected chi connectivity index (χ4v) is 4.94. The Labute approximate surface area is 231 Å². The predicted molar refractivity (Wildman–Crippen MR) is 142 cm³/mol. The number of benzene rings is 2. The summed E-state index contributed by atoms with van der Waals surface area (Å²) >= 11 is 0. The van der Waals surface area contributed by atoms with Crippen LogP contribution in [-0.4, -0.2) is 83.4 Å². The summed E-state index contributed by atoms with van der Waals surface area (Å²) in [6.07, 6.45) is -0.0806. The molecule has 4 rings (SSSR count). The first-order valence-corrected chi connectivity index (χ1v) is 12.8. The van der Waals surface area contributed by atoms with Crippen LogP contribution in [0.25, 0.3) is 0 Å². The number of imide groups is 1. The summed E-state index contributed by atoms with van der Waals surface area (Å²) in [5.41, 5.74) is 1.60. The number of rotatable bonds is 8. The molecule has 2 aromatic carbocycles. The summed E-state index contributed by atoms with van der Waals surface area (Å²) in [5.74, 6) is -3.70. The van der Waals surface area contributed by atoms with Crippen molar-refractivity contribution in [1.29, 1.82) is 0 Å². The van der Waals surface area contributed by atoms with Gasteiger partial charge in [0.15, 0.2) is 5.78 Å². The highest BCUT2D eigenvalue weighted by atomic mass is 16.5. The van der Waals surface area contributed by atoms with Gasteiger partial charge in [0.1, 0.15) is 17.5 Å². The molecule has 0 radical (unpaired) electrons. The lowest BCUT2D eigenvalue weighted by Gasteiger charge is -2.33. The number of nitrogens with zero attached hydrogens (tertiary/aromatic N) is 2. The number of ether oxygens (including phenoxy) is 1. The normalized spacial score (nSPS) is 17.6. The van der Waals surface area contributed by atoms with E-state index in [-0.39, 0.29) is 37.2 Å². The van der Waals surface area contributed by atoms with E-state index in [9.17, 15) is 34.1 Å². The fourth-order valence-electron chi connectivity index (χ4n) is 4.94. The topological polar surface area (TPSA) is 163 Å². The Morgan fingerprint density at radius 2 is 1.93 bits per heavy atom. The largest absolute Gasteiger partial charge is 0.535 e. The first-order chi connectivity index (χ1) is 19.0. The molecule has 4 amide bonds. The van der Waals surface area contributed by atoms with Gasteiger partial charge in [-0.15, -0.1) is 0 Å². The molecule has 0 aromatic heterocycles. The lowest BCUT2D eigenvalue weighted by atomic mass is 9.64. The predicted octanol–water partition coefficient (Wildman–Crippen LogP) is 1.59. The van der Waals surface area contributed by atoms with E-state index in [0.717, 1.165) is 10.5 Å². The Balaban J connectivity index is 1.59. The number of piperazine rings is 1. The molecular weight excluding hydrogens is 521 g/mol. The van der Waals surface area contributed by atoms with Gasteiger partial charge in [-0.1, -0.05) is 24.3 Å². The SMILES string of the molecule is CCN1CCN(C(=O)NC(C(=O)C[C@H]2Cc3cccc(C(=O)O)c3OB2O)c2ccc(C)c(OC)c2)C(=O)C1=O. The number of aromatic carboxylic acids is 1. The van der Waals surface area contributed by atoms with E-state index < -0.39 is 48.6 Å². The maximum absolute atomic E-state index is 13.7. The summed E-state index contributed by atoms with van der Waals surface area (Å²) in [6.45, 7) is 4.01. The molecule has 210 valence electrons. The molecule has 2 aliphatic rings. The lowest BCUT2D eigenvalue weighted by molar-refractivity contribution is -0.153. The lowest BCUT2D eigenvalue weighted by Crippen LogP contribution is -2.58. The summed E-state index contributed by atoms with van der Waals surface area (Å²) in [7, 11) is -0.000399. The smallest absolute Gasteiger partial charge is 0.526 e. The van der Waals surface area contributed by atoms with Crippen LogP contribution in [0.15, 0.2) is 36.4 Å². The number of carbonyl (C=O) groups is 5. The molecule has 40 heavy (non-hydrogen) atoms. The Hall–Kier alpha value is -4.39. The van der Waals surface area contributed by atoms with E-state index in [1.54, 1.807) is 37.3 Å². The van der Waals surface area contributed by atoms with Crippen LogP contribution in [0.5, 0.6) is 11.5 Å². The molecule has 1 unspecified atom stereocenters. The minimum Gasteiger partial charge on any atom is -0.535 e. The van der Waals surface area contributed by atoms with Gasteiger partial charge in [0.05, 0.1) is 12.7 Å². The molecular formula is C27H30BN3O9. The molecule has 1 fully saturated rings. The van der Waals surface area contributed by atoms with Crippen LogP contribution in [0.4, 0.5) is 4.79 Å². The van der Waals surface area contributed by atoms with Gasteiger partial charge in [0, 0.05) is 31.9 Å². The van der Waals surface area contributed by atoms with Crippen LogP contribution in [-0.2, 0) is 20.8 Å². The van der Waals surface area contributed by atoms with E-state index in [1.165, 1.54) is 18.1 Å². The Bertz CT molecular complexity index is 1360. The average molecular weight is 551 g/mol. The summed E-state index contributed by atoms with van der Waals surface area (Å²) in [4.78, 5) is 65.5. The highest BCUT2D eigenvalue weighted by molar-refractivity contribution is 6.47. The molecule has 2 heterocycles. The van der Waals surface area contributed by atoms with Gasteiger partial charge < -0.3 is 29.7 Å². The number of amides is 4. The van der Waals surface area contributed by atoms with Crippen molar-refractivity contribution in [3.05, 3.63) is 58.7 Å². The van der Waals surface area contributed by atoms with Gasteiger partial charge in [-0.05, 0) is 49.1 Å². The quantitative estimate of drug-likeness (QED) is 0.327. The third-order valence-corrected chi connectivity index (χ3v) is 7.21. The Morgan fingerprint density at radius 1 is 1.18 bits per heavy atom. The third-order valence-electron chi connectivity index (χ3n) is 7.21. The van der Waals surface area contributed by atoms with Gasteiger partial charge in [-0.2, -0.15) is 0 Å². The standard InChI is InChI=1S/C27H30BN3O9/c1-4-30-10-11-31(25(34)24(30)33)27(37)29-22(16-9-8-15(2)21(13-16)39-3)20(32)14-18-12-17-6-5-7-19(26(35)36)23(17)40-28(18)38/h5-9,13,18,22,38H,4,10-12,14H2,1-3H3,(H,29,37)(H,35,36)/t18-,22?/m1/s1. The Morgan fingerprint density at radius 3 is 2.60 bits per heavy atom. The molecule has 0 aliphatic carbocycles. The molecule has 2 aromatic rings. The number of carbonyl (C=O) groups excluding carboxylic acids is 4. The van der Waals surface area contributed by atoms with Crippen molar-refractivity contribution in [3.8, 4) is 11.5 Å². The highest BCUT2D eigenvalue weighted by Crippen LogP contribution is 2.37. The minimum atomic E-state index is -1.47. The van der Waals surface area contributed by atoms with E-state index in [0.29, 0.717) is 23.4 Å². The van der Waals surface area contributed by atoms with Crippen molar-refractivity contribution in [1.82, 2.24) is 15.1 Å². The molecule has 0 bridgehead atoms. The molecule has 3 N–H and O–H groups in total. The number of carboxylic acids is 1. The zero-order valence-electron chi connectivity index (χ0n) is 22.4. The van der Waals surface area contributed by atoms with Crippen molar-refractivity contribution < 1.29 is 43.5 Å². The molecule has 0 spiro atoms. The number of aryl methyl sites for hydroxylation is 1. The summed E-state index contributed by atoms with van der Waals surface area (Å²) in [5, 5.41) is 22.7. The van der Waals surface area contributed by atoms with E-state index in [1.807, 2.05) is 6.92 Å². The monoisotopic (exact) mass is 551 g/mol. The van der Waals surface area contributed by atoms with Crippen LogP contribution >= 0.6 is 0 Å². The summed E-state index contributed by atoms with van der Waals surface area (Å²) < 4.78 is 10.9. The number of fused-ring (bicyclic) bond motifs is 1. The number of Topliss-reactive ketones (excluding diaryl/α,β-unsaturated/α-hetero) is 1. The second kappa shape index (κ2) is 11.8. The number of likely N-dealkylation sites (N-methyl/N-ethyl adjacent to an activating group) is 1. The van der Waals surface area contributed by atoms with Crippen molar-refractivity contribution in [3.63, 3.8) is 0 Å². The van der Waals surface area contributed by atoms with Gasteiger partial charge >= 0.3 is 30.9 Å². The number of hydrogen-bond acceptors (Lipinski definition) is 8. The van der Waals surface area contributed by atoms with Crippen molar-refractivity contribution in [2.24, 2.45) is 0 Å². The van der Waals surface area contributed by atoms with Crippen molar-refractivity contribution in [2.75, 3.05) is 26.7 Å². The van der Waals surface area contributed by atoms with Crippen LogP contribution in [0.1, 0.15) is 46.4 Å². The first-order valence-electron chi connectivity index (χ1n) is 12.8. The minimum absolute atomic E-state index is 0.0275. The number of hydrogen-bond donors (Lipinski definition) is 3. The molecule has 12 nitrogen and oxygen atoms in total. The second-order valence-electron chi connectivity index (χ2n) is 9.70. The number of nitrogens with one attached hydrogen (secondary N) is 1. The van der Waals surface area contributed by atoms with Crippen LogP contribution in [0.3, 0.4) is 0 Å². The Kier molecular flexibility index (Phi) is 8.43.